The van der Waals surface area contributed by atoms with Crippen LogP contribution in [0.5, 0.6) is 0 Å². The van der Waals surface area contributed by atoms with Crippen molar-refractivity contribution in [3.8, 4) is 0 Å². The van der Waals surface area contributed by atoms with Gasteiger partial charge in [0.2, 0.25) is 0 Å². The van der Waals surface area contributed by atoms with Gasteiger partial charge in [0.1, 0.15) is 0 Å². The number of hydrogen-bond acceptors (Lipinski definition) is 2. The summed E-state index contributed by atoms with van der Waals surface area (Å²) in [5.41, 5.74) is 0.751. The zero-order chi connectivity index (χ0) is 7.52. The summed E-state index contributed by atoms with van der Waals surface area (Å²) in [5.74, 6) is 0. The van der Waals surface area contributed by atoms with Gasteiger partial charge in [-0.15, -0.1) is 0 Å². The maximum Gasteiger partial charge on any atom is 0.0975 e. The van der Waals surface area contributed by atoms with Crippen molar-refractivity contribution in [1.29, 1.82) is 0 Å². The second kappa shape index (κ2) is 1.46. The van der Waals surface area contributed by atoms with Crippen molar-refractivity contribution in [2.24, 2.45) is 0 Å². The molecule has 1 saturated heterocycles. The van der Waals surface area contributed by atoms with Gasteiger partial charge in [-0.1, -0.05) is 11.6 Å². The number of nitrogens with zero attached hydrogens (tertiary/aromatic N) is 1. The molecule has 10 heavy (non-hydrogen) atoms. The minimum atomic E-state index is -0.566. The van der Waals surface area contributed by atoms with E-state index >= 15 is 0 Å². The lowest BCUT2D eigenvalue weighted by Crippen LogP contribution is -2.29. The van der Waals surface area contributed by atoms with Crippen LogP contribution in [0, 0.1) is 0 Å². The van der Waals surface area contributed by atoms with Gasteiger partial charge in [0.25, 0.3) is 0 Å². The van der Waals surface area contributed by atoms with Crippen LogP contribution in [0.3, 0.4) is 0 Å². The lowest BCUT2D eigenvalue weighted by molar-refractivity contribution is 0.0997. The molecule has 1 aliphatic carbocycles. The molecule has 2 rings (SSSR count). The Balaban J connectivity index is 2.32. The summed E-state index contributed by atoms with van der Waals surface area (Å²) in [5, 5.41) is 9.73. The predicted molar refractivity (Wildman–Crippen MR) is 39.7 cm³/mol. The van der Waals surface area contributed by atoms with Gasteiger partial charge in [-0.05, 0) is 20.9 Å². The zero-order valence-corrected chi connectivity index (χ0v) is 6.63. The molecule has 0 bridgehead atoms. The van der Waals surface area contributed by atoms with E-state index in [1.165, 1.54) is 5.57 Å². The Morgan fingerprint density at radius 1 is 1.70 bits per heavy atom. The molecule has 0 aromatic rings. The molecule has 0 aromatic carbocycles. The van der Waals surface area contributed by atoms with Gasteiger partial charge in [-0.25, -0.2) is 0 Å². The van der Waals surface area contributed by atoms with E-state index in [0.29, 0.717) is 12.1 Å². The van der Waals surface area contributed by atoms with Crippen LogP contribution in [0.4, 0.5) is 0 Å². The maximum atomic E-state index is 9.73. The lowest BCUT2D eigenvalue weighted by atomic mass is 10.1. The molecular formula is C8H13NO. The van der Waals surface area contributed by atoms with E-state index in [1.807, 2.05) is 13.0 Å². The molecule has 1 unspecified atom stereocenters. The Labute approximate surface area is 61.1 Å². The number of hydrogen-bond donors (Lipinski definition) is 1. The quantitative estimate of drug-likeness (QED) is 0.387. The average Bonchev–Trinajstić information content (AvgIpc) is 2.32. The summed E-state index contributed by atoms with van der Waals surface area (Å²) in [6, 6.07) is 0.905. The molecule has 1 N–H and O–H groups in total. The Kier molecular flexibility index (Phi) is 0.930. The molecule has 0 aromatic heterocycles. The lowest BCUT2D eigenvalue weighted by Gasteiger charge is -2.16. The van der Waals surface area contributed by atoms with Gasteiger partial charge in [0, 0.05) is 6.04 Å². The summed E-state index contributed by atoms with van der Waals surface area (Å²) in [4.78, 5) is 2.20. The third-order valence-corrected chi connectivity index (χ3v) is 2.67. The van der Waals surface area contributed by atoms with Crippen LogP contribution in [0.1, 0.15) is 13.8 Å². The second-order valence-corrected chi connectivity index (χ2v) is 3.67. The highest BCUT2D eigenvalue weighted by Crippen LogP contribution is 2.46. The summed E-state index contributed by atoms with van der Waals surface area (Å²) < 4.78 is 0. The third-order valence-electron chi connectivity index (χ3n) is 2.67. The van der Waals surface area contributed by atoms with Crippen LogP contribution in [-0.4, -0.2) is 34.7 Å². The van der Waals surface area contributed by atoms with Crippen molar-refractivity contribution < 1.29 is 5.11 Å². The summed E-state index contributed by atoms with van der Waals surface area (Å²) in [6.45, 7) is 3.97. The van der Waals surface area contributed by atoms with Crippen LogP contribution < -0.4 is 0 Å². The summed E-state index contributed by atoms with van der Waals surface area (Å²) in [7, 11) is 2.06. The van der Waals surface area contributed by atoms with Crippen molar-refractivity contribution in [3.05, 3.63) is 11.6 Å². The minimum Gasteiger partial charge on any atom is -0.384 e. The zero-order valence-electron chi connectivity index (χ0n) is 6.63. The fourth-order valence-corrected chi connectivity index (χ4v) is 2.27. The largest absolute Gasteiger partial charge is 0.384 e. The van der Waals surface area contributed by atoms with Crippen molar-refractivity contribution >= 4 is 0 Å². The first-order valence-corrected chi connectivity index (χ1v) is 3.68. The van der Waals surface area contributed by atoms with Crippen molar-refractivity contribution in [3.63, 3.8) is 0 Å². The molecule has 0 amide bonds. The fraction of sp³-hybridized carbons (Fsp3) is 0.750. The van der Waals surface area contributed by atoms with E-state index in [0.717, 1.165) is 0 Å². The number of aliphatic hydroxyl groups is 1. The molecule has 0 spiro atoms. The van der Waals surface area contributed by atoms with Gasteiger partial charge in [-0.3, -0.25) is 4.90 Å². The van der Waals surface area contributed by atoms with Crippen LogP contribution >= 0.6 is 0 Å². The SMILES string of the molecule is CC1=C[C@](C)(O)[C@@H]2[C@H]1N2C. The summed E-state index contributed by atoms with van der Waals surface area (Å²) >= 11 is 0. The van der Waals surface area contributed by atoms with Gasteiger partial charge in [0.05, 0.1) is 11.6 Å². The van der Waals surface area contributed by atoms with Crippen LogP contribution in [0.15, 0.2) is 11.6 Å². The first-order chi connectivity index (χ1) is 4.54. The Bertz CT molecular complexity index is 207. The first kappa shape index (κ1) is 6.38. The molecule has 2 heteroatoms. The van der Waals surface area contributed by atoms with E-state index < -0.39 is 5.60 Å². The number of fused-ring (bicyclic) bond motifs is 1. The van der Waals surface area contributed by atoms with Crippen molar-refractivity contribution in [2.75, 3.05) is 7.05 Å². The highest BCUT2D eigenvalue weighted by Gasteiger charge is 2.59. The molecule has 56 valence electrons. The topological polar surface area (TPSA) is 23.2 Å². The minimum absolute atomic E-state index is 0.368. The van der Waals surface area contributed by atoms with Crippen LogP contribution in [0.2, 0.25) is 0 Å². The molecule has 4 atom stereocenters. The summed E-state index contributed by atoms with van der Waals surface area (Å²) in [6.07, 6.45) is 1.97. The average molecular weight is 139 g/mol. The molecule has 2 aliphatic rings. The van der Waals surface area contributed by atoms with E-state index in [2.05, 4.69) is 18.9 Å². The smallest absolute Gasteiger partial charge is 0.0975 e. The van der Waals surface area contributed by atoms with Crippen molar-refractivity contribution in [2.45, 2.75) is 31.5 Å². The molecule has 1 aliphatic heterocycles. The second-order valence-electron chi connectivity index (χ2n) is 3.67. The molecule has 1 fully saturated rings. The normalized spacial score (nSPS) is 58.0. The van der Waals surface area contributed by atoms with Crippen LogP contribution in [-0.2, 0) is 0 Å². The van der Waals surface area contributed by atoms with E-state index in [9.17, 15) is 5.11 Å². The van der Waals surface area contributed by atoms with Gasteiger partial charge in [-0.2, -0.15) is 0 Å². The predicted octanol–water partition coefficient (Wildman–Crippen LogP) is 0.380. The highest BCUT2D eigenvalue weighted by molar-refractivity contribution is 5.38. The van der Waals surface area contributed by atoms with Gasteiger partial charge < -0.3 is 5.11 Å². The maximum absolute atomic E-state index is 9.73. The fourth-order valence-electron chi connectivity index (χ4n) is 2.27. The third kappa shape index (κ3) is 0.559. The highest BCUT2D eigenvalue weighted by atomic mass is 16.3. The van der Waals surface area contributed by atoms with Gasteiger partial charge in [0.15, 0.2) is 0 Å². The number of rotatable bonds is 0. The van der Waals surface area contributed by atoms with E-state index in [1.54, 1.807) is 0 Å². The molecule has 2 nitrogen and oxygen atoms in total. The van der Waals surface area contributed by atoms with E-state index in [-0.39, 0.29) is 0 Å². The standard InChI is InChI=1S/C8H13NO/c1-5-4-8(2,10)7-6(5)9(7)3/h4,6-7,10H,1-3H3/t6-,7-,8-,9?/m0/s1. The number of likely N-dealkylation sites (N-methyl/N-ethyl adjacent to an activating group) is 1. The van der Waals surface area contributed by atoms with Crippen LogP contribution in [0.25, 0.3) is 0 Å². The van der Waals surface area contributed by atoms with Crippen molar-refractivity contribution in [1.82, 2.24) is 4.90 Å². The molecule has 1 heterocycles. The Hall–Kier alpha value is -0.340. The van der Waals surface area contributed by atoms with Gasteiger partial charge >= 0.3 is 0 Å². The van der Waals surface area contributed by atoms with E-state index in [4.69, 9.17) is 0 Å². The Morgan fingerprint density at radius 3 is 2.50 bits per heavy atom. The molecule has 0 saturated carbocycles. The first-order valence-electron chi connectivity index (χ1n) is 3.68. The molecular weight excluding hydrogens is 126 g/mol. The monoisotopic (exact) mass is 139 g/mol. The molecule has 0 radical (unpaired) electrons. The Morgan fingerprint density at radius 2 is 2.30 bits per heavy atom.